The molecule has 1 aromatic carbocycles. The van der Waals surface area contributed by atoms with E-state index in [9.17, 15) is 0 Å². The molecule has 0 aromatic heterocycles. The van der Waals surface area contributed by atoms with E-state index in [1.165, 1.54) is 39.2 Å². The monoisotopic (exact) mass is 320 g/mol. The predicted octanol–water partition coefficient (Wildman–Crippen LogP) is 4.60. The molecule has 2 nitrogen and oxygen atoms in total. The van der Waals surface area contributed by atoms with Gasteiger partial charge in [0, 0.05) is 29.2 Å². The maximum atomic E-state index is 4.28. The van der Waals surface area contributed by atoms with E-state index >= 15 is 0 Å². The van der Waals surface area contributed by atoms with Crippen molar-refractivity contribution in [1.29, 1.82) is 0 Å². The van der Waals surface area contributed by atoms with Gasteiger partial charge in [-0.25, -0.2) is 0 Å². The van der Waals surface area contributed by atoms with Crippen LogP contribution in [-0.2, 0) is 0 Å². The molecule has 124 valence electrons. The lowest BCUT2D eigenvalue weighted by atomic mass is 9.95. The number of rotatable bonds is 1. The average Bonchev–Trinajstić information content (AvgIpc) is 2.78. The minimum absolute atomic E-state index is 0.435. The molecule has 3 rings (SSSR count). The van der Waals surface area contributed by atoms with Gasteiger partial charge in [0.25, 0.3) is 0 Å². The molecule has 0 saturated heterocycles. The Kier molecular flexibility index (Phi) is 4.16. The molecule has 0 fully saturated rings. The summed E-state index contributed by atoms with van der Waals surface area (Å²) >= 11 is 0. The van der Waals surface area contributed by atoms with Crippen molar-refractivity contribution < 1.29 is 9.15 Å². The lowest BCUT2D eigenvalue weighted by Crippen LogP contribution is -2.24. The van der Waals surface area contributed by atoms with E-state index in [-0.39, 0.29) is 0 Å². The summed E-state index contributed by atoms with van der Waals surface area (Å²) in [6.45, 7) is 18.5. The number of nitrogens with zero attached hydrogens (tertiary/aromatic N) is 2. The Morgan fingerprint density at radius 3 is 2.21 bits per heavy atom. The molecular formula is C22H28N2+2. The molecule has 0 spiro atoms. The SMILES string of the molecule is C=C1C=C(C)C=C(C)C1=[N+]1C=[N+](c2c(C)cc(C)cc2C)C(C)C1. The van der Waals surface area contributed by atoms with Crippen LogP contribution >= 0.6 is 0 Å². The topological polar surface area (TPSA) is 6.02 Å². The fourth-order valence-corrected chi connectivity index (χ4v) is 4.15. The van der Waals surface area contributed by atoms with Gasteiger partial charge in [0.1, 0.15) is 0 Å². The second-order valence-electron chi connectivity index (χ2n) is 7.36. The van der Waals surface area contributed by atoms with Crippen LogP contribution in [0.3, 0.4) is 0 Å². The first-order chi connectivity index (χ1) is 11.3. The van der Waals surface area contributed by atoms with Crippen molar-refractivity contribution in [2.45, 2.75) is 47.6 Å². The summed E-state index contributed by atoms with van der Waals surface area (Å²) in [5.41, 5.74) is 10.3. The molecule has 1 atom stereocenters. The molecule has 0 saturated carbocycles. The van der Waals surface area contributed by atoms with Gasteiger partial charge < -0.3 is 0 Å². The quantitative estimate of drug-likeness (QED) is 0.667. The number of allylic oxidation sites excluding steroid dienone is 5. The van der Waals surface area contributed by atoms with Crippen molar-refractivity contribution in [1.82, 2.24) is 0 Å². The summed E-state index contributed by atoms with van der Waals surface area (Å²) in [6, 6.07) is 4.98. The molecule has 0 N–H and O–H groups in total. The van der Waals surface area contributed by atoms with E-state index < -0.39 is 0 Å². The normalized spacial score (nSPS) is 24.0. The van der Waals surface area contributed by atoms with Crippen molar-refractivity contribution in [3.05, 3.63) is 64.3 Å². The Balaban J connectivity index is 2.13. The Bertz CT molecular complexity index is 837. The maximum Gasteiger partial charge on any atom is 0.408 e. The minimum atomic E-state index is 0.435. The van der Waals surface area contributed by atoms with E-state index in [1.54, 1.807) is 0 Å². The second kappa shape index (κ2) is 6.01. The fourth-order valence-electron chi connectivity index (χ4n) is 4.15. The van der Waals surface area contributed by atoms with Crippen molar-refractivity contribution >= 4 is 17.7 Å². The first-order valence-electron chi connectivity index (χ1n) is 8.69. The van der Waals surface area contributed by atoms with Crippen LogP contribution in [0.25, 0.3) is 0 Å². The average molecular weight is 320 g/mol. The Morgan fingerprint density at radius 1 is 1.00 bits per heavy atom. The van der Waals surface area contributed by atoms with E-state index in [0.29, 0.717) is 6.04 Å². The van der Waals surface area contributed by atoms with Gasteiger partial charge in [-0.15, -0.1) is 9.15 Å². The summed E-state index contributed by atoms with van der Waals surface area (Å²) in [5, 5.41) is 0. The van der Waals surface area contributed by atoms with E-state index in [4.69, 9.17) is 0 Å². The van der Waals surface area contributed by atoms with Gasteiger partial charge in [-0.3, -0.25) is 0 Å². The predicted molar refractivity (Wildman–Crippen MR) is 103 cm³/mol. The minimum Gasteiger partial charge on any atom is -0.135 e. The highest BCUT2D eigenvalue weighted by Gasteiger charge is 2.38. The van der Waals surface area contributed by atoms with Crippen LogP contribution in [0, 0.1) is 20.8 Å². The molecule has 0 amide bonds. The largest absolute Gasteiger partial charge is 0.408 e. The first-order valence-corrected chi connectivity index (χ1v) is 8.69. The molecule has 2 aliphatic rings. The Labute approximate surface area is 145 Å². The van der Waals surface area contributed by atoms with Crippen LogP contribution in [-0.4, -0.2) is 33.8 Å². The van der Waals surface area contributed by atoms with Crippen molar-refractivity contribution in [3.63, 3.8) is 0 Å². The van der Waals surface area contributed by atoms with Gasteiger partial charge in [0.15, 0.2) is 0 Å². The lowest BCUT2D eigenvalue weighted by molar-refractivity contribution is -0.465. The van der Waals surface area contributed by atoms with Gasteiger partial charge in [0.05, 0.1) is 0 Å². The molecule has 1 heterocycles. The van der Waals surface area contributed by atoms with Crippen molar-refractivity contribution in [2.24, 2.45) is 0 Å². The summed E-state index contributed by atoms with van der Waals surface area (Å²) in [4.78, 5) is 0. The standard InChI is InChI=1S/C22H28N2/c1-14-8-16(3)21(17(4)9-14)23-12-20(7)24(13-23)22-18(5)10-15(2)11-19(22)6/h8-11,13,20H,3,12H2,1-2,4-7H3/q+2. The molecular weight excluding hydrogens is 292 g/mol. The van der Waals surface area contributed by atoms with E-state index in [2.05, 4.69) is 87.9 Å². The third kappa shape index (κ3) is 2.82. The number of aryl methyl sites for hydroxylation is 3. The van der Waals surface area contributed by atoms with Gasteiger partial charge in [-0.1, -0.05) is 12.1 Å². The highest BCUT2D eigenvalue weighted by Crippen LogP contribution is 2.28. The van der Waals surface area contributed by atoms with E-state index in [1.807, 2.05) is 0 Å². The molecule has 1 unspecified atom stereocenters. The van der Waals surface area contributed by atoms with Crippen LogP contribution in [0.4, 0.5) is 5.69 Å². The zero-order valence-electron chi connectivity index (χ0n) is 15.8. The smallest absolute Gasteiger partial charge is 0.135 e. The molecule has 1 aliphatic heterocycles. The lowest BCUT2D eigenvalue weighted by Gasteiger charge is -2.09. The number of benzene rings is 1. The van der Waals surface area contributed by atoms with E-state index in [0.717, 1.165) is 12.1 Å². The summed E-state index contributed by atoms with van der Waals surface area (Å²) in [6.07, 6.45) is 6.68. The highest BCUT2D eigenvalue weighted by molar-refractivity contribution is 6.12. The fraction of sp³-hybridized carbons (Fsp3) is 0.364. The van der Waals surface area contributed by atoms with Crippen molar-refractivity contribution in [2.75, 3.05) is 6.54 Å². The Morgan fingerprint density at radius 2 is 1.62 bits per heavy atom. The van der Waals surface area contributed by atoms with Gasteiger partial charge in [-0.2, -0.15) is 0 Å². The molecule has 1 aromatic rings. The molecule has 24 heavy (non-hydrogen) atoms. The van der Waals surface area contributed by atoms with Crippen LogP contribution in [0.1, 0.15) is 37.5 Å². The van der Waals surface area contributed by atoms with Crippen LogP contribution in [0.5, 0.6) is 0 Å². The Hall–Kier alpha value is -2.22. The molecule has 0 radical (unpaired) electrons. The van der Waals surface area contributed by atoms with Gasteiger partial charge >= 0.3 is 6.34 Å². The maximum absolute atomic E-state index is 4.28. The second-order valence-corrected chi connectivity index (χ2v) is 7.36. The molecule has 0 bridgehead atoms. The summed E-state index contributed by atoms with van der Waals surface area (Å²) in [7, 11) is 0. The van der Waals surface area contributed by atoms with Crippen molar-refractivity contribution in [3.8, 4) is 0 Å². The van der Waals surface area contributed by atoms with Crippen LogP contribution in [0.2, 0.25) is 0 Å². The first kappa shape index (κ1) is 16.6. The summed E-state index contributed by atoms with van der Waals surface area (Å²) < 4.78 is 4.78. The zero-order chi connectivity index (χ0) is 17.6. The molecule has 2 heteroatoms. The third-order valence-corrected chi connectivity index (χ3v) is 4.90. The summed E-state index contributed by atoms with van der Waals surface area (Å²) in [5.74, 6) is 0. The third-order valence-electron chi connectivity index (χ3n) is 4.90. The number of hydrogen-bond donors (Lipinski definition) is 0. The highest BCUT2D eigenvalue weighted by atomic mass is 15.2. The van der Waals surface area contributed by atoms with Gasteiger partial charge in [0.2, 0.25) is 24.0 Å². The van der Waals surface area contributed by atoms with Crippen LogP contribution in [0.15, 0.2) is 47.6 Å². The number of hydrogen-bond acceptors (Lipinski definition) is 0. The molecule has 1 aliphatic carbocycles. The zero-order valence-corrected chi connectivity index (χ0v) is 15.8. The van der Waals surface area contributed by atoms with Crippen LogP contribution < -0.4 is 0 Å². The van der Waals surface area contributed by atoms with Gasteiger partial charge in [-0.05, 0) is 64.5 Å².